The van der Waals surface area contributed by atoms with E-state index >= 15 is 0 Å². The van der Waals surface area contributed by atoms with Crippen LogP contribution in [0.5, 0.6) is 0 Å². The van der Waals surface area contributed by atoms with Crippen LogP contribution in [-0.2, 0) is 0 Å². The molecular weight excluding hydrogens is 143 g/mol. The maximum Gasteiger partial charge on any atom is 0.137 e. The monoisotopic (exact) mass is 150 g/mol. The van der Waals surface area contributed by atoms with Gasteiger partial charge in [0.2, 0.25) is 0 Å². The van der Waals surface area contributed by atoms with Crippen LogP contribution in [0.1, 0.15) is 0 Å². The van der Waals surface area contributed by atoms with Gasteiger partial charge in [0.25, 0.3) is 0 Å². The van der Waals surface area contributed by atoms with Crippen LogP contribution in [-0.4, -0.2) is 9.38 Å². The molecule has 3 heteroatoms. The molecule has 2 aromatic rings. The Morgan fingerprint density at radius 3 is 3.10 bits per heavy atom. The van der Waals surface area contributed by atoms with E-state index in [4.69, 9.17) is 0 Å². The number of rotatable bonds is 0. The van der Waals surface area contributed by atoms with Gasteiger partial charge in [-0.1, -0.05) is 15.3 Å². The highest BCUT2D eigenvalue weighted by molar-refractivity contribution is 7.26. The lowest BCUT2D eigenvalue weighted by molar-refractivity contribution is 1.19. The Hall–Kier alpha value is -0.880. The molecular formula is C7H7N2P. The average Bonchev–Trinajstić information content (AvgIpc) is 2.27. The molecule has 0 aliphatic heterocycles. The zero-order valence-electron chi connectivity index (χ0n) is 5.36. The summed E-state index contributed by atoms with van der Waals surface area (Å²) in [4.78, 5) is 4.24. The Kier molecular flexibility index (Phi) is 1.21. The topological polar surface area (TPSA) is 17.3 Å². The van der Waals surface area contributed by atoms with Crippen LogP contribution in [0.2, 0.25) is 0 Å². The van der Waals surface area contributed by atoms with E-state index in [2.05, 4.69) is 14.2 Å². The lowest BCUT2D eigenvalue weighted by Gasteiger charge is -1.86. The molecule has 2 rings (SSSR count). The number of imidazole rings is 1. The van der Waals surface area contributed by atoms with Gasteiger partial charge in [-0.25, -0.2) is 4.98 Å². The summed E-state index contributed by atoms with van der Waals surface area (Å²) in [5, 5.41) is 0. The Labute approximate surface area is 61.1 Å². The van der Waals surface area contributed by atoms with Crippen LogP contribution in [0.25, 0.3) is 5.65 Å². The van der Waals surface area contributed by atoms with Crippen molar-refractivity contribution in [3.63, 3.8) is 0 Å². The molecule has 0 aromatic carbocycles. The third-order valence-corrected chi connectivity index (χ3v) is 1.66. The number of hydrogen-bond acceptors (Lipinski definition) is 1. The van der Waals surface area contributed by atoms with Crippen LogP contribution in [0.15, 0.2) is 30.6 Å². The Morgan fingerprint density at radius 2 is 2.30 bits per heavy atom. The van der Waals surface area contributed by atoms with Crippen LogP contribution in [0, 0.1) is 0 Å². The van der Waals surface area contributed by atoms with Gasteiger partial charge in [0.05, 0.1) is 5.44 Å². The van der Waals surface area contributed by atoms with Crippen LogP contribution >= 0.6 is 9.24 Å². The number of nitrogens with zero attached hydrogens (tertiary/aromatic N) is 2. The highest BCUT2D eigenvalue weighted by atomic mass is 31.0. The van der Waals surface area contributed by atoms with Crippen molar-refractivity contribution in [3.8, 4) is 0 Å². The maximum absolute atomic E-state index is 4.24. The summed E-state index contributed by atoms with van der Waals surface area (Å²) in [5.41, 5.74) is 1.97. The molecule has 1 unspecified atom stereocenters. The Bertz CT molecular complexity index is 320. The SMILES string of the molecule is Pc1cn2ccccc2n1. The highest BCUT2D eigenvalue weighted by Gasteiger charge is 1.92. The molecule has 0 bridgehead atoms. The molecule has 2 nitrogen and oxygen atoms in total. The summed E-state index contributed by atoms with van der Waals surface area (Å²) < 4.78 is 1.99. The molecule has 1 atom stereocenters. The Balaban J connectivity index is 2.88. The molecule has 0 fully saturated rings. The van der Waals surface area contributed by atoms with Crippen molar-refractivity contribution in [3.05, 3.63) is 30.6 Å². The molecule has 0 spiro atoms. The number of hydrogen-bond donors (Lipinski definition) is 0. The summed E-state index contributed by atoms with van der Waals surface area (Å²) in [7, 11) is 2.57. The fraction of sp³-hybridized carbons (Fsp3) is 0. The molecule has 0 saturated carbocycles. The van der Waals surface area contributed by atoms with Gasteiger partial charge >= 0.3 is 0 Å². The van der Waals surface area contributed by atoms with E-state index in [9.17, 15) is 0 Å². The van der Waals surface area contributed by atoms with E-state index in [0.717, 1.165) is 11.1 Å². The second kappa shape index (κ2) is 2.06. The third kappa shape index (κ3) is 0.812. The minimum absolute atomic E-state index is 0.978. The fourth-order valence-electron chi connectivity index (χ4n) is 0.954. The summed E-state index contributed by atoms with van der Waals surface area (Å²) in [6.45, 7) is 0. The Morgan fingerprint density at radius 1 is 1.40 bits per heavy atom. The quantitative estimate of drug-likeness (QED) is 0.508. The first-order chi connectivity index (χ1) is 4.86. The standard InChI is InChI=1S/C7H7N2P/c10-7-5-9-4-2-1-3-6(9)8-7/h1-5H,10H2. The lowest BCUT2D eigenvalue weighted by atomic mass is 10.5. The van der Waals surface area contributed by atoms with E-state index in [1.807, 2.05) is 35.0 Å². The fourth-order valence-corrected chi connectivity index (χ4v) is 1.25. The van der Waals surface area contributed by atoms with E-state index in [-0.39, 0.29) is 0 Å². The molecule has 2 heterocycles. The van der Waals surface area contributed by atoms with Gasteiger partial charge in [0.1, 0.15) is 5.65 Å². The van der Waals surface area contributed by atoms with Gasteiger partial charge in [0, 0.05) is 12.4 Å². The van der Waals surface area contributed by atoms with Gasteiger partial charge in [0.15, 0.2) is 0 Å². The van der Waals surface area contributed by atoms with Crippen molar-refractivity contribution < 1.29 is 0 Å². The van der Waals surface area contributed by atoms with Gasteiger partial charge in [-0.3, -0.25) is 0 Å². The zero-order valence-corrected chi connectivity index (χ0v) is 6.51. The molecule has 0 radical (unpaired) electrons. The first-order valence-corrected chi connectivity index (χ1v) is 3.63. The first-order valence-electron chi connectivity index (χ1n) is 3.05. The van der Waals surface area contributed by atoms with Crippen molar-refractivity contribution in [1.29, 1.82) is 0 Å². The summed E-state index contributed by atoms with van der Waals surface area (Å²) in [5.74, 6) is 0. The molecule has 2 aromatic heterocycles. The van der Waals surface area contributed by atoms with Gasteiger partial charge in [-0.2, -0.15) is 0 Å². The van der Waals surface area contributed by atoms with E-state index < -0.39 is 0 Å². The summed E-state index contributed by atoms with van der Waals surface area (Å²) in [6.07, 6.45) is 3.95. The minimum Gasteiger partial charge on any atom is -0.306 e. The normalized spacial score (nSPS) is 10.5. The average molecular weight is 150 g/mol. The lowest BCUT2D eigenvalue weighted by Crippen LogP contribution is -1.84. The van der Waals surface area contributed by atoms with Crippen molar-refractivity contribution in [2.75, 3.05) is 0 Å². The highest BCUT2D eigenvalue weighted by Crippen LogP contribution is 1.98. The van der Waals surface area contributed by atoms with E-state index in [0.29, 0.717) is 0 Å². The maximum atomic E-state index is 4.24. The first kappa shape index (κ1) is 5.87. The van der Waals surface area contributed by atoms with Crippen LogP contribution in [0.4, 0.5) is 0 Å². The van der Waals surface area contributed by atoms with Crippen LogP contribution in [0.3, 0.4) is 0 Å². The van der Waals surface area contributed by atoms with Crippen molar-refractivity contribution in [2.24, 2.45) is 0 Å². The largest absolute Gasteiger partial charge is 0.306 e. The molecule has 50 valence electrons. The van der Waals surface area contributed by atoms with E-state index in [1.54, 1.807) is 0 Å². The predicted molar refractivity (Wildman–Crippen MR) is 44.5 cm³/mol. The second-order valence-electron chi connectivity index (χ2n) is 2.13. The van der Waals surface area contributed by atoms with E-state index in [1.165, 1.54) is 0 Å². The van der Waals surface area contributed by atoms with Crippen molar-refractivity contribution in [2.45, 2.75) is 0 Å². The third-order valence-electron chi connectivity index (χ3n) is 1.38. The summed E-state index contributed by atoms with van der Waals surface area (Å²) >= 11 is 0. The molecule has 10 heavy (non-hydrogen) atoms. The van der Waals surface area contributed by atoms with Crippen molar-refractivity contribution in [1.82, 2.24) is 9.38 Å². The number of pyridine rings is 1. The van der Waals surface area contributed by atoms with Gasteiger partial charge in [-0.15, -0.1) is 0 Å². The zero-order chi connectivity index (χ0) is 6.97. The molecule has 0 N–H and O–H groups in total. The van der Waals surface area contributed by atoms with Crippen LogP contribution < -0.4 is 5.44 Å². The second-order valence-corrected chi connectivity index (χ2v) is 2.72. The van der Waals surface area contributed by atoms with Gasteiger partial charge in [-0.05, 0) is 12.1 Å². The van der Waals surface area contributed by atoms with Crippen molar-refractivity contribution >= 4 is 20.3 Å². The molecule has 0 aliphatic carbocycles. The molecule has 0 saturated heterocycles. The number of aromatic nitrogens is 2. The predicted octanol–water partition coefficient (Wildman–Crippen LogP) is 0.835. The smallest absolute Gasteiger partial charge is 0.137 e. The van der Waals surface area contributed by atoms with Gasteiger partial charge < -0.3 is 4.40 Å². The minimum atomic E-state index is 0.978. The number of fused-ring (bicyclic) bond motifs is 1. The molecule has 0 amide bonds. The summed E-state index contributed by atoms with van der Waals surface area (Å²) in [6, 6.07) is 5.94. The molecule has 0 aliphatic rings.